The Morgan fingerprint density at radius 2 is 2.04 bits per heavy atom. The molecule has 0 saturated carbocycles. The second kappa shape index (κ2) is 7.81. The molecule has 2 heterocycles. The molecule has 1 aromatic rings. The number of rotatable bonds is 8. The fourth-order valence-electron chi connectivity index (χ4n) is 3.90. The number of aldehydes is 1. The average Bonchev–Trinajstić information content (AvgIpc) is 2.97. The van der Waals surface area contributed by atoms with Gasteiger partial charge in [-0.3, -0.25) is 9.59 Å². The predicted octanol–water partition coefficient (Wildman–Crippen LogP) is 2.87. The lowest BCUT2D eigenvalue weighted by Gasteiger charge is -2.30. The summed E-state index contributed by atoms with van der Waals surface area (Å²) in [6, 6.07) is 3.95. The van der Waals surface area contributed by atoms with Crippen molar-refractivity contribution in [3.8, 4) is 0 Å². The van der Waals surface area contributed by atoms with Crippen molar-refractivity contribution in [1.82, 2.24) is 0 Å². The zero-order valence-electron chi connectivity index (χ0n) is 14.8. The molecule has 0 spiro atoms. The van der Waals surface area contributed by atoms with Gasteiger partial charge in [-0.25, -0.2) is 0 Å². The molecular formula is C20H25NO4. The van der Waals surface area contributed by atoms with Crippen LogP contribution in [0.25, 0.3) is 0 Å². The summed E-state index contributed by atoms with van der Waals surface area (Å²) < 4.78 is 4.89. The number of carbonyl (C=O) groups excluding carboxylic acids is 3. The number of carbonyl (C=O) groups is 3. The second-order valence-electron chi connectivity index (χ2n) is 6.92. The third kappa shape index (κ3) is 3.91. The van der Waals surface area contributed by atoms with Crippen LogP contribution in [0.1, 0.15) is 60.5 Å². The van der Waals surface area contributed by atoms with E-state index >= 15 is 0 Å². The van der Waals surface area contributed by atoms with E-state index in [1.165, 1.54) is 18.2 Å². The molecule has 0 aliphatic carbocycles. The van der Waals surface area contributed by atoms with Crippen LogP contribution in [0, 0.1) is 0 Å². The van der Waals surface area contributed by atoms with Crippen LogP contribution >= 0.6 is 0 Å². The molecule has 0 aromatic heterocycles. The Balaban J connectivity index is 1.60. The summed E-state index contributed by atoms with van der Waals surface area (Å²) in [5, 5.41) is 0. The van der Waals surface area contributed by atoms with Crippen LogP contribution in [0.3, 0.4) is 0 Å². The molecule has 1 unspecified atom stereocenters. The fraction of sp³-hybridized carbons (Fsp3) is 0.550. The summed E-state index contributed by atoms with van der Waals surface area (Å²) in [6.07, 6.45) is 6.73. The van der Waals surface area contributed by atoms with Crippen LogP contribution in [-0.2, 0) is 27.2 Å². The molecule has 0 N–H and O–H groups in total. The first-order valence-corrected chi connectivity index (χ1v) is 9.14. The maximum atomic E-state index is 12.5. The normalized spacial score (nSPS) is 18.0. The van der Waals surface area contributed by atoms with Crippen molar-refractivity contribution >= 4 is 23.7 Å². The SMILES string of the molecule is CC(=O)OCCCCCC(=O)c1cc2c3c(c1)CC(C=O)N3CCC2. The van der Waals surface area contributed by atoms with Gasteiger partial charge in [0.25, 0.3) is 0 Å². The molecule has 1 aromatic carbocycles. The summed E-state index contributed by atoms with van der Waals surface area (Å²) in [6.45, 7) is 2.76. The van der Waals surface area contributed by atoms with E-state index in [4.69, 9.17) is 4.74 Å². The van der Waals surface area contributed by atoms with Crippen molar-refractivity contribution in [2.45, 2.75) is 57.9 Å². The maximum absolute atomic E-state index is 12.5. The minimum absolute atomic E-state index is 0.0688. The highest BCUT2D eigenvalue weighted by molar-refractivity contribution is 5.97. The number of ether oxygens (including phenoxy) is 1. The molecule has 0 saturated heterocycles. The fourth-order valence-corrected chi connectivity index (χ4v) is 3.90. The van der Waals surface area contributed by atoms with Gasteiger partial charge >= 0.3 is 5.97 Å². The highest BCUT2D eigenvalue weighted by atomic mass is 16.5. The quantitative estimate of drug-likeness (QED) is 0.314. The first-order valence-electron chi connectivity index (χ1n) is 9.14. The number of benzene rings is 1. The molecule has 0 bridgehead atoms. The van der Waals surface area contributed by atoms with Gasteiger partial charge in [-0.15, -0.1) is 0 Å². The Bertz CT molecular complexity index is 683. The van der Waals surface area contributed by atoms with Gasteiger partial charge in [0.15, 0.2) is 5.78 Å². The molecule has 0 amide bonds. The van der Waals surface area contributed by atoms with Crippen molar-refractivity contribution in [3.05, 3.63) is 28.8 Å². The predicted molar refractivity (Wildman–Crippen MR) is 95.1 cm³/mol. The molecule has 3 rings (SSSR count). The Morgan fingerprint density at radius 3 is 2.80 bits per heavy atom. The molecule has 134 valence electrons. The highest BCUT2D eigenvalue weighted by Crippen LogP contribution is 2.39. The van der Waals surface area contributed by atoms with Crippen LogP contribution in [-0.4, -0.2) is 37.2 Å². The highest BCUT2D eigenvalue weighted by Gasteiger charge is 2.33. The smallest absolute Gasteiger partial charge is 0.302 e. The number of anilines is 1. The minimum atomic E-state index is -0.258. The lowest BCUT2D eigenvalue weighted by Crippen LogP contribution is -2.36. The summed E-state index contributed by atoms with van der Waals surface area (Å²) in [4.78, 5) is 36.8. The van der Waals surface area contributed by atoms with Crippen LogP contribution in [0.2, 0.25) is 0 Å². The van der Waals surface area contributed by atoms with Gasteiger partial charge in [0.2, 0.25) is 0 Å². The number of hydrogen-bond donors (Lipinski definition) is 0. The zero-order chi connectivity index (χ0) is 17.8. The minimum Gasteiger partial charge on any atom is -0.466 e. The third-order valence-corrected chi connectivity index (χ3v) is 5.06. The Morgan fingerprint density at radius 1 is 1.24 bits per heavy atom. The van der Waals surface area contributed by atoms with Gasteiger partial charge in [-0.2, -0.15) is 0 Å². The van der Waals surface area contributed by atoms with E-state index in [1.54, 1.807) is 0 Å². The molecule has 0 fully saturated rings. The number of hydrogen-bond acceptors (Lipinski definition) is 5. The van der Waals surface area contributed by atoms with Crippen molar-refractivity contribution in [1.29, 1.82) is 0 Å². The van der Waals surface area contributed by atoms with Gasteiger partial charge in [-0.1, -0.05) is 0 Å². The van der Waals surface area contributed by atoms with E-state index in [9.17, 15) is 14.4 Å². The number of esters is 1. The zero-order valence-corrected chi connectivity index (χ0v) is 14.8. The number of ketones is 1. The summed E-state index contributed by atoms with van der Waals surface area (Å²) >= 11 is 0. The van der Waals surface area contributed by atoms with Crippen LogP contribution < -0.4 is 4.90 Å². The van der Waals surface area contributed by atoms with Crippen molar-refractivity contribution < 1.29 is 19.1 Å². The Kier molecular flexibility index (Phi) is 5.51. The molecule has 0 radical (unpaired) electrons. The number of nitrogens with zero attached hydrogens (tertiary/aromatic N) is 1. The average molecular weight is 343 g/mol. The van der Waals surface area contributed by atoms with Crippen LogP contribution in [0.4, 0.5) is 5.69 Å². The molecule has 2 aliphatic heterocycles. The first kappa shape index (κ1) is 17.6. The van der Waals surface area contributed by atoms with Gasteiger partial charge < -0.3 is 14.4 Å². The summed E-state index contributed by atoms with van der Waals surface area (Å²) in [5.41, 5.74) is 4.34. The summed E-state index contributed by atoms with van der Waals surface area (Å²) in [7, 11) is 0. The van der Waals surface area contributed by atoms with Gasteiger partial charge in [0.1, 0.15) is 6.29 Å². The van der Waals surface area contributed by atoms with E-state index in [1.807, 2.05) is 12.1 Å². The maximum Gasteiger partial charge on any atom is 0.302 e. The molecule has 5 nitrogen and oxygen atoms in total. The van der Waals surface area contributed by atoms with Crippen molar-refractivity contribution in [3.63, 3.8) is 0 Å². The lowest BCUT2D eigenvalue weighted by atomic mass is 9.94. The molecule has 1 atom stereocenters. The molecule has 25 heavy (non-hydrogen) atoms. The number of aryl methyl sites for hydroxylation is 1. The summed E-state index contributed by atoms with van der Waals surface area (Å²) in [5.74, 6) is -0.0935. The van der Waals surface area contributed by atoms with Crippen LogP contribution in [0.5, 0.6) is 0 Å². The van der Waals surface area contributed by atoms with Gasteiger partial charge in [0.05, 0.1) is 12.6 Å². The largest absolute Gasteiger partial charge is 0.466 e. The van der Waals surface area contributed by atoms with Gasteiger partial charge in [-0.05, 0) is 55.4 Å². The topological polar surface area (TPSA) is 63.7 Å². The Hall–Kier alpha value is -2.17. The third-order valence-electron chi connectivity index (χ3n) is 5.06. The van der Waals surface area contributed by atoms with E-state index in [0.29, 0.717) is 13.0 Å². The molecule has 2 aliphatic rings. The van der Waals surface area contributed by atoms with Crippen molar-refractivity contribution in [2.24, 2.45) is 0 Å². The van der Waals surface area contributed by atoms with E-state index in [-0.39, 0.29) is 17.8 Å². The van der Waals surface area contributed by atoms with Gasteiger partial charge in [0, 0.05) is 37.6 Å². The second-order valence-corrected chi connectivity index (χ2v) is 6.92. The van der Waals surface area contributed by atoms with E-state index < -0.39 is 0 Å². The lowest BCUT2D eigenvalue weighted by molar-refractivity contribution is -0.141. The molecular weight excluding hydrogens is 318 g/mol. The number of unbranched alkanes of at least 4 members (excludes halogenated alkanes) is 2. The Labute approximate surface area is 148 Å². The van der Waals surface area contributed by atoms with E-state index in [0.717, 1.165) is 62.5 Å². The monoisotopic (exact) mass is 343 g/mol. The number of Topliss-reactive ketones (excluding diaryl/α,β-unsaturated/α-hetero) is 1. The van der Waals surface area contributed by atoms with E-state index in [2.05, 4.69) is 4.90 Å². The van der Waals surface area contributed by atoms with Crippen LogP contribution in [0.15, 0.2) is 12.1 Å². The molecule has 5 heteroatoms. The standard InChI is InChI=1S/C20H25NO4/c1-14(23)25-9-4-2-3-7-19(24)16-10-15-6-5-8-21-18(13-22)12-17(11-16)20(15)21/h10-11,13,18H,2-9,12H2,1H3. The van der Waals surface area contributed by atoms with Crippen molar-refractivity contribution in [2.75, 3.05) is 18.1 Å². The first-order chi connectivity index (χ1) is 12.1.